The van der Waals surface area contributed by atoms with Crippen LogP contribution in [0.3, 0.4) is 0 Å². The SMILES string of the molecule is COCCC(C)(C)CNCC(=O)NCc1ccccc1. The molecule has 0 bridgehead atoms. The molecule has 0 radical (unpaired) electrons. The molecule has 0 heterocycles. The van der Waals surface area contributed by atoms with E-state index in [0.29, 0.717) is 13.1 Å². The van der Waals surface area contributed by atoms with Gasteiger partial charge in [-0.2, -0.15) is 0 Å². The van der Waals surface area contributed by atoms with Crippen molar-refractivity contribution in [2.75, 3.05) is 26.8 Å². The molecule has 112 valence electrons. The molecule has 1 rings (SSSR count). The summed E-state index contributed by atoms with van der Waals surface area (Å²) in [5.41, 5.74) is 1.25. The predicted molar refractivity (Wildman–Crippen MR) is 81.4 cm³/mol. The topological polar surface area (TPSA) is 50.4 Å². The third-order valence-electron chi connectivity index (χ3n) is 3.20. The summed E-state index contributed by atoms with van der Waals surface area (Å²) in [5.74, 6) is 0.0244. The van der Waals surface area contributed by atoms with Gasteiger partial charge in [0.25, 0.3) is 0 Å². The first-order valence-corrected chi connectivity index (χ1v) is 7.04. The number of carbonyl (C=O) groups excluding carboxylic acids is 1. The molecule has 0 aliphatic rings. The van der Waals surface area contributed by atoms with Gasteiger partial charge in [-0.3, -0.25) is 4.79 Å². The summed E-state index contributed by atoms with van der Waals surface area (Å²) in [6.07, 6.45) is 0.974. The predicted octanol–water partition coefficient (Wildman–Crippen LogP) is 1.96. The third kappa shape index (κ3) is 7.26. The van der Waals surface area contributed by atoms with Gasteiger partial charge < -0.3 is 15.4 Å². The minimum absolute atomic E-state index is 0.0244. The molecule has 0 saturated heterocycles. The Hall–Kier alpha value is -1.39. The highest BCUT2D eigenvalue weighted by Crippen LogP contribution is 2.18. The molecule has 1 aromatic rings. The zero-order chi connectivity index (χ0) is 14.8. The van der Waals surface area contributed by atoms with Crippen LogP contribution in [0.1, 0.15) is 25.8 Å². The normalized spacial score (nSPS) is 11.3. The number of hydrogen-bond donors (Lipinski definition) is 2. The van der Waals surface area contributed by atoms with E-state index in [2.05, 4.69) is 24.5 Å². The number of methoxy groups -OCH3 is 1. The van der Waals surface area contributed by atoms with Crippen molar-refractivity contribution in [1.29, 1.82) is 0 Å². The van der Waals surface area contributed by atoms with E-state index in [9.17, 15) is 4.79 Å². The van der Waals surface area contributed by atoms with Crippen LogP contribution in [0, 0.1) is 5.41 Å². The molecule has 4 nitrogen and oxygen atoms in total. The first-order chi connectivity index (χ1) is 9.53. The smallest absolute Gasteiger partial charge is 0.234 e. The molecular weight excluding hydrogens is 252 g/mol. The van der Waals surface area contributed by atoms with E-state index in [4.69, 9.17) is 4.74 Å². The molecule has 0 saturated carbocycles. The van der Waals surface area contributed by atoms with E-state index < -0.39 is 0 Å². The largest absolute Gasteiger partial charge is 0.385 e. The van der Waals surface area contributed by atoms with E-state index in [1.54, 1.807) is 7.11 Å². The molecule has 0 aliphatic carbocycles. The molecule has 4 heteroatoms. The van der Waals surface area contributed by atoms with Crippen molar-refractivity contribution in [3.05, 3.63) is 35.9 Å². The lowest BCUT2D eigenvalue weighted by atomic mass is 9.90. The summed E-state index contributed by atoms with van der Waals surface area (Å²) in [4.78, 5) is 11.7. The number of benzene rings is 1. The van der Waals surface area contributed by atoms with Crippen LogP contribution in [0.15, 0.2) is 30.3 Å². The quantitative estimate of drug-likeness (QED) is 0.726. The second kappa shape index (κ2) is 8.72. The first-order valence-electron chi connectivity index (χ1n) is 7.04. The second-order valence-corrected chi connectivity index (χ2v) is 5.77. The Morgan fingerprint density at radius 2 is 1.95 bits per heavy atom. The number of amides is 1. The minimum Gasteiger partial charge on any atom is -0.385 e. The van der Waals surface area contributed by atoms with Crippen LogP contribution in [-0.2, 0) is 16.1 Å². The fourth-order valence-electron chi connectivity index (χ4n) is 1.84. The average molecular weight is 278 g/mol. The van der Waals surface area contributed by atoms with Crippen LogP contribution in [0.4, 0.5) is 0 Å². The number of hydrogen-bond acceptors (Lipinski definition) is 3. The Morgan fingerprint density at radius 3 is 2.60 bits per heavy atom. The number of rotatable bonds is 9. The van der Waals surface area contributed by atoms with Gasteiger partial charge in [-0.05, 0) is 17.4 Å². The summed E-state index contributed by atoms with van der Waals surface area (Å²) >= 11 is 0. The molecule has 0 aromatic heterocycles. The number of ether oxygens (including phenoxy) is 1. The van der Waals surface area contributed by atoms with Crippen molar-refractivity contribution < 1.29 is 9.53 Å². The summed E-state index contributed by atoms with van der Waals surface area (Å²) in [6, 6.07) is 9.91. The van der Waals surface area contributed by atoms with Gasteiger partial charge in [0.1, 0.15) is 0 Å². The Kier molecular flexibility index (Phi) is 7.26. The maximum atomic E-state index is 11.7. The molecule has 20 heavy (non-hydrogen) atoms. The molecular formula is C16H26N2O2. The maximum Gasteiger partial charge on any atom is 0.234 e. The van der Waals surface area contributed by atoms with Crippen molar-refractivity contribution in [2.24, 2.45) is 5.41 Å². The Bertz CT molecular complexity index is 391. The van der Waals surface area contributed by atoms with Crippen LogP contribution in [0.2, 0.25) is 0 Å². The highest BCUT2D eigenvalue weighted by molar-refractivity contribution is 5.77. The van der Waals surface area contributed by atoms with E-state index in [-0.39, 0.29) is 11.3 Å². The number of nitrogens with one attached hydrogen (secondary N) is 2. The van der Waals surface area contributed by atoms with Gasteiger partial charge in [-0.15, -0.1) is 0 Å². The molecule has 2 N–H and O–H groups in total. The monoisotopic (exact) mass is 278 g/mol. The standard InChI is InChI=1S/C16H26N2O2/c1-16(2,9-10-20-3)13-17-12-15(19)18-11-14-7-5-4-6-8-14/h4-8,17H,9-13H2,1-3H3,(H,18,19). The first kappa shape index (κ1) is 16.7. The minimum atomic E-state index is 0.0244. The average Bonchev–Trinajstić information content (AvgIpc) is 2.44. The highest BCUT2D eigenvalue weighted by atomic mass is 16.5. The van der Waals surface area contributed by atoms with Gasteiger partial charge in [-0.25, -0.2) is 0 Å². The fraction of sp³-hybridized carbons (Fsp3) is 0.562. The molecule has 1 aromatic carbocycles. The van der Waals surface area contributed by atoms with Gasteiger partial charge in [0.05, 0.1) is 6.54 Å². The van der Waals surface area contributed by atoms with Crippen molar-refractivity contribution in [3.8, 4) is 0 Å². The Morgan fingerprint density at radius 1 is 1.25 bits per heavy atom. The fourth-order valence-corrected chi connectivity index (χ4v) is 1.84. The van der Waals surface area contributed by atoms with Gasteiger partial charge in [0.15, 0.2) is 0 Å². The van der Waals surface area contributed by atoms with E-state index in [1.807, 2.05) is 30.3 Å². The molecule has 0 atom stereocenters. The van der Waals surface area contributed by atoms with Crippen LogP contribution in [-0.4, -0.2) is 32.7 Å². The van der Waals surface area contributed by atoms with Crippen molar-refractivity contribution >= 4 is 5.91 Å². The maximum absolute atomic E-state index is 11.7. The van der Waals surface area contributed by atoms with Crippen LogP contribution in [0.5, 0.6) is 0 Å². The lowest BCUT2D eigenvalue weighted by Crippen LogP contribution is -2.38. The van der Waals surface area contributed by atoms with Crippen molar-refractivity contribution in [2.45, 2.75) is 26.8 Å². The molecule has 0 aliphatic heterocycles. The molecule has 0 unspecified atom stereocenters. The van der Waals surface area contributed by atoms with Crippen molar-refractivity contribution in [1.82, 2.24) is 10.6 Å². The lowest BCUT2D eigenvalue weighted by molar-refractivity contribution is -0.120. The second-order valence-electron chi connectivity index (χ2n) is 5.77. The van der Waals surface area contributed by atoms with Crippen LogP contribution >= 0.6 is 0 Å². The zero-order valence-electron chi connectivity index (χ0n) is 12.7. The molecule has 0 fully saturated rings. The molecule has 1 amide bonds. The highest BCUT2D eigenvalue weighted by Gasteiger charge is 2.17. The summed E-state index contributed by atoms with van der Waals surface area (Å²) < 4.78 is 5.09. The van der Waals surface area contributed by atoms with Gasteiger partial charge >= 0.3 is 0 Å². The summed E-state index contributed by atoms with van der Waals surface area (Å²) in [7, 11) is 1.71. The van der Waals surface area contributed by atoms with Crippen molar-refractivity contribution in [3.63, 3.8) is 0 Å². The number of carbonyl (C=O) groups is 1. The lowest BCUT2D eigenvalue weighted by Gasteiger charge is -2.24. The van der Waals surface area contributed by atoms with Gasteiger partial charge in [0.2, 0.25) is 5.91 Å². The Balaban J connectivity index is 2.17. The third-order valence-corrected chi connectivity index (χ3v) is 3.20. The van der Waals surface area contributed by atoms with Gasteiger partial charge in [-0.1, -0.05) is 44.2 Å². The zero-order valence-corrected chi connectivity index (χ0v) is 12.7. The summed E-state index contributed by atoms with van der Waals surface area (Å²) in [5, 5.41) is 6.11. The summed E-state index contributed by atoms with van der Waals surface area (Å²) in [6.45, 7) is 6.81. The van der Waals surface area contributed by atoms with E-state index in [1.165, 1.54) is 0 Å². The van der Waals surface area contributed by atoms with E-state index >= 15 is 0 Å². The van der Waals surface area contributed by atoms with Gasteiger partial charge in [0, 0.05) is 26.8 Å². The van der Waals surface area contributed by atoms with Crippen LogP contribution < -0.4 is 10.6 Å². The van der Waals surface area contributed by atoms with Crippen LogP contribution in [0.25, 0.3) is 0 Å². The Labute approximate surface area is 121 Å². The molecule has 0 spiro atoms. The van der Waals surface area contributed by atoms with E-state index in [0.717, 1.165) is 25.1 Å².